The highest BCUT2D eigenvalue weighted by Crippen LogP contribution is 2.24. The highest BCUT2D eigenvalue weighted by molar-refractivity contribution is 5.92. The van der Waals surface area contributed by atoms with E-state index >= 15 is 0 Å². The van der Waals surface area contributed by atoms with Crippen LogP contribution in [-0.2, 0) is 9.53 Å². The van der Waals surface area contributed by atoms with Crippen molar-refractivity contribution in [2.45, 2.75) is 25.7 Å². The van der Waals surface area contributed by atoms with Crippen LogP contribution in [0.5, 0.6) is 0 Å². The van der Waals surface area contributed by atoms with Crippen LogP contribution in [0.4, 0.5) is 16.2 Å². The molecular weight excluding hydrogens is 387 g/mol. The van der Waals surface area contributed by atoms with Gasteiger partial charge in [-0.3, -0.25) is 4.79 Å². The van der Waals surface area contributed by atoms with Gasteiger partial charge < -0.3 is 20.7 Å². The van der Waals surface area contributed by atoms with Crippen LogP contribution in [-0.4, -0.2) is 53.7 Å². The van der Waals surface area contributed by atoms with Gasteiger partial charge in [0.15, 0.2) is 5.82 Å². The van der Waals surface area contributed by atoms with Crippen molar-refractivity contribution in [2.75, 3.05) is 43.5 Å². The lowest BCUT2D eigenvalue weighted by molar-refractivity contribution is -0.120. The second-order valence-corrected chi connectivity index (χ2v) is 7.78. The topological polar surface area (TPSA) is 101 Å². The lowest BCUT2D eigenvalue weighted by Crippen LogP contribution is -2.37. The Balaban J connectivity index is 1.45. The highest BCUT2D eigenvalue weighted by atomic mass is 19.1. The second-order valence-electron chi connectivity index (χ2n) is 7.78. The van der Waals surface area contributed by atoms with Gasteiger partial charge in [0.2, 0.25) is 11.9 Å². The zero-order chi connectivity index (χ0) is 20.8. The first-order valence-electron chi connectivity index (χ1n) is 10.5. The molecule has 1 atom stereocenters. The predicted molar refractivity (Wildman–Crippen MR) is 111 cm³/mol. The number of carbonyl (C=O) groups is 1. The highest BCUT2D eigenvalue weighted by Gasteiger charge is 2.22. The van der Waals surface area contributed by atoms with Crippen LogP contribution in [0.3, 0.4) is 0 Å². The largest absolute Gasteiger partial charge is 0.381 e. The maximum absolute atomic E-state index is 14.5. The molecule has 0 aromatic carbocycles. The van der Waals surface area contributed by atoms with E-state index in [9.17, 15) is 9.18 Å². The average Bonchev–Trinajstić information content (AvgIpc) is 2.80. The lowest BCUT2D eigenvalue weighted by atomic mass is 9.99. The van der Waals surface area contributed by atoms with Crippen LogP contribution in [0.1, 0.15) is 25.7 Å². The zero-order valence-corrected chi connectivity index (χ0v) is 16.9. The maximum Gasteiger partial charge on any atom is 0.229 e. The molecule has 2 saturated heterocycles. The summed E-state index contributed by atoms with van der Waals surface area (Å²) in [5, 5.41) is 9.26. The van der Waals surface area contributed by atoms with Crippen molar-refractivity contribution >= 4 is 17.7 Å². The molecule has 1 amide bonds. The number of nitrogens with zero attached hydrogens (tertiary/aromatic N) is 3. The fraction of sp³-hybridized carbons (Fsp3) is 0.524. The Morgan fingerprint density at radius 3 is 2.93 bits per heavy atom. The van der Waals surface area contributed by atoms with Gasteiger partial charge in [0.1, 0.15) is 5.82 Å². The van der Waals surface area contributed by atoms with Crippen molar-refractivity contribution in [1.29, 1.82) is 0 Å². The molecular formula is C21H27FN6O2. The summed E-state index contributed by atoms with van der Waals surface area (Å²) < 4.78 is 19.9. The molecule has 9 heteroatoms. The van der Waals surface area contributed by atoms with Gasteiger partial charge in [-0.05, 0) is 50.3 Å². The maximum atomic E-state index is 14.5. The van der Waals surface area contributed by atoms with E-state index in [2.05, 4.69) is 30.9 Å². The standard InChI is InChI=1S/C21H27FN6O2/c22-17-13-25-19(28-20(29)15-2-1-6-23-12-15)10-16(17)18-3-7-24-21(27-18)26-11-14-4-8-30-9-5-14/h3,7,10,13-15,23H,1-2,4-6,8-9,11-12H2,(H,24,26,27)(H,25,28,29)/t15-/m1/s1. The minimum Gasteiger partial charge on any atom is -0.381 e. The van der Waals surface area contributed by atoms with Crippen molar-refractivity contribution < 1.29 is 13.9 Å². The van der Waals surface area contributed by atoms with Gasteiger partial charge in [-0.25, -0.2) is 19.3 Å². The number of hydrogen-bond acceptors (Lipinski definition) is 7. The molecule has 3 N–H and O–H groups in total. The molecule has 4 rings (SSSR count). The van der Waals surface area contributed by atoms with Crippen molar-refractivity contribution in [3.63, 3.8) is 0 Å². The van der Waals surface area contributed by atoms with E-state index < -0.39 is 5.82 Å². The normalized spacial score (nSPS) is 20.0. The molecule has 30 heavy (non-hydrogen) atoms. The van der Waals surface area contributed by atoms with E-state index in [-0.39, 0.29) is 17.4 Å². The molecule has 0 radical (unpaired) electrons. The van der Waals surface area contributed by atoms with Gasteiger partial charge in [-0.2, -0.15) is 0 Å². The zero-order valence-electron chi connectivity index (χ0n) is 16.9. The number of anilines is 2. The smallest absolute Gasteiger partial charge is 0.229 e. The summed E-state index contributed by atoms with van der Waals surface area (Å²) in [7, 11) is 0. The fourth-order valence-electron chi connectivity index (χ4n) is 3.79. The first kappa shape index (κ1) is 20.6. The summed E-state index contributed by atoms with van der Waals surface area (Å²) in [6, 6.07) is 3.17. The molecule has 2 aliphatic heterocycles. The van der Waals surface area contributed by atoms with Crippen molar-refractivity contribution in [1.82, 2.24) is 20.3 Å². The van der Waals surface area contributed by atoms with Crippen molar-refractivity contribution in [3.05, 3.63) is 30.3 Å². The number of nitrogens with one attached hydrogen (secondary N) is 3. The number of aromatic nitrogens is 3. The lowest BCUT2D eigenvalue weighted by Gasteiger charge is -2.22. The van der Waals surface area contributed by atoms with Crippen LogP contribution >= 0.6 is 0 Å². The third-order valence-electron chi connectivity index (χ3n) is 5.60. The molecule has 0 bridgehead atoms. The van der Waals surface area contributed by atoms with Crippen LogP contribution in [0.2, 0.25) is 0 Å². The summed E-state index contributed by atoms with van der Waals surface area (Å²) in [5.74, 6) is 0.579. The monoisotopic (exact) mass is 414 g/mol. The first-order chi connectivity index (χ1) is 14.7. The third kappa shape index (κ3) is 5.28. The molecule has 2 aromatic rings. The van der Waals surface area contributed by atoms with Crippen molar-refractivity contribution in [3.8, 4) is 11.3 Å². The summed E-state index contributed by atoms with van der Waals surface area (Å²) >= 11 is 0. The Bertz CT molecular complexity index is 868. The van der Waals surface area contributed by atoms with Gasteiger partial charge >= 0.3 is 0 Å². The number of piperidine rings is 1. The van der Waals surface area contributed by atoms with E-state index in [0.29, 0.717) is 29.9 Å². The summed E-state index contributed by atoms with van der Waals surface area (Å²) in [5.41, 5.74) is 0.716. The number of rotatable bonds is 6. The Morgan fingerprint density at radius 2 is 2.13 bits per heavy atom. The quantitative estimate of drug-likeness (QED) is 0.667. The number of halogens is 1. The summed E-state index contributed by atoms with van der Waals surface area (Å²) in [6.45, 7) is 3.89. The molecule has 0 aliphatic carbocycles. The average molecular weight is 414 g/mol. The molecule has 0 spiro atoms. The summed E-state index contributed by atoms with van der Waals surface area (Å²) in [6.07, 6.45) is 6.52. The fourth-order valence-corrected chi connectivity index (χ4v) is 3.79. The Labute approximate surface area is 175 Å². The van der Waals surface area contributed by atoms with E-state index in [1.807, 2.05) is 0 Å². The summed E-state index contributed by atoms with van der Waals surface area (Å²) in [4.78, 5) is 25.2. The predicted octanol–water partition coefficient (Wildman–Crippen LogP) is 2.45. The van der Waals surface area contributed by atoms with Crippen LogP contribution in [0.15, 0.2) is 24.5 Å². The van der Waals surface area contributed by atoms with Crippen LogP contribution in [0, 0.1) is 17.7 Å². The SMILES string of the molecule is O=C(Nc1cc(-c2ccnc(NCC3CCOCC3)n2)c(F)cn1)[C@@H]1CCCNC1. The van der Waals surface area contributed by atoms with Gasteiger partial charge in [0, 0.05) is 38.1 Å². The minimum absolute atomic E-state index is 0.103. The van der Waals surface area contributed by atoms with E-state index in [0.717, 1.165) is 58.2 Å². The van der Waals surface area contributed by atoms with Gasteiger partial charge in [0.05, 0.1) is 17.8 Å². The molecule has 0 saturated carbocycles. The number of hydrogen-bond donors (Lipinski definition) is 3. The number of amides is 1. The molecule has 2 aromatic heterocycles. The Kier molecular flexibility index (Phi) is 6.81. The van der Waals surface area contributed by atoms with E-state index in [4.69, 9.17) is 4.74 Å². The molecule has 2 fully saturated rings. The second kappa shape index (κ2) is 9.90. The Morgan fingerprint density at radius 1 is 1.27 bits per heavy atom. The first-order valence-corrected chi connectivity index (χ1v) is 10.5. The molecule has 4 heterocycles. The van der Waals surface area contributed by atoms with Crippen molar-refractivity contribution in [2.24, 2.45) is 11.8 Å². The van der Waals surface area contributed by atoms with E-state index in [1.165, 1.54) is 6.07 Å². The van der Waals surface area contributed by atoms with Gasteiger partial charge in [-0.15, -0.1) is 0 Å². The van der Waals surface area contributed by atoms with Gasteiger partial charge in [-0.1, -0.05) is 0 Å². The molecule has 0 unspecified atom stereocenters. The van der Waals surface area contributed by atoms with Crippen LogP contribution < -0.4 is 16.0 Å². The molecule has 8 nitrogen and oxygen atoms in total. The Hall–Kier alpha value is -2.65. The number of ether oxygens (including phenoxy) is 1. The number of pyridine rings is 1. The van der Waals surface area contributed by atoms with Crippen LogP contribution in [0.25, 0.3) is 11.3 Å². The third-order valence-corrected chi connectivity index (χ3v) is 5.60. The molecule has 2 aliphatic rings. The minimum atomic E-state index is -0.499. The van der Waals surface area contributed by atoms with Gasteiger partial charge in [0.25, 0.3) is 0 Å². The number of carbonyl (C=O) groups excluding carboxylic acids is 1. The molecule has 160 valence electrons. The van der Waals surface area contributed by atoms with E-state index in [1.54, 1.807) is 12.3 Å².